The van der Waals surface area contributed by atoms with Crippen molar-refractivity contribution in [1.82, 2.24) is 4.98 Å². The molecule has 0 radical (unpaired) electrons. The molecule has 21 heavy (non-hydrogen) atoms. The van der Waals surface area contributed by atoms with Gasteiger partial charge >= 0.3 is 12.2 Å². The molecule has 0 aliphatic rings. The molecule has 108 valence electrons. The van der Waals surface area contributed by atoms with Crippen molar-refractivity contribution in [1.29, 1.82) is 0 Å². The van der Waals surface area contributed by atoms with Gasteiger partial charge in [-0.1, -0.05) is 0 Å². The van der Waals surface area contributed by atoms with Crippen molar-refractivity contribution in [3.8, 4) is 0 Å². The summed E-state index contributed by atoms with van der Waals surface area (Å²) in [4.78, 5) is 13.9. The molecule has 4 N–H and O–H groups in total. The smallest absolute Gasteiger partial charge is 0.355 e. The van der Waals surface area contributed by atoms with E-state index in [2.05, 4.69) is 10.3 Å². The van der Waals surface area contributed by atoms with Gasteiger partial charge in [-0.25, -0.2) is 4.79 Å². The Morgan fingerprint density at radius 1 is 1.05 bits per heavy atom. The van der Waals surface area contributed by atoms with Crippen LogP contribution in [0.1, 0.15) is 5.56 Å². The molecule has 0 aliphatic carbocycles. The Balaban J connectivity index is 2.23. The third kappa shape index (κ3) is 2.37. The molecule has 3 rings (SSSR count). The van der Waals surface area contributed by atoms with Gasteiger partial charge in [-0.05, 0) is 36.4 Å². The van der Waals surface area contributed by atoms with Gasteiger partial charge in [0.15, 0.2) is 0 Å². The van der Waals surface area contributed by atoms with E-state index in [0.717, 1.165) is 12.1 Å². The number of carbonyl (C=O) groups is 1. The standard InChI is InChI=1S/C14H10F3N3O/c15-14(16,17)7-1-3-11-9(5-7)10-6-8(19-13(18)21)2-4-12(10)20-11/h1-6,20H,(H3,18,19,21). The highest BCUT2D eigenvalue weighted by Crippen LogP contribution is 2.34. The lowest BCUT2D eigenvalue weighted by Gasteiger charge is -2.06. The van der Waals surface area contributed by atoms with Crippen LogP contribution in [0.15, 0.2) is 36.4 Å². The van der Waals surface area contributed by atoms with Gasteiger partial charge in [-0.3, -0.25) is 0 Å². The van der Waals surface area contributed by atoms with Crippen molar-refractivity contribution in [2.45, 2.75) is 6.18 Å². The monoisotopic (exact) mass is 293 g/mol. The number of aromatic nitrogens is 1. The van der Waals surface area contributed by atoms with Crippen molar-refractivity contribution < 1.29 is 18.0 Å². The van der Waals surface area contributed by atoms with Gasteiger partial charge in [0.25, 0.3) is 0 Å². The molecule has 0 saturated carbocycles. The second-order valence-corrected chi connectivity index (χ2v) is 4.63. The lowest BCUT2D eigenvalue weighted by molar-refractivity contribution is -0.137. The fraction of sp³-hybridized carbons (Fsp3) is 0.0714. The number of halogens is 3. The SMILES string of the molecule is NC(=O)Nc1ccc2[nH]c3ccc(C(F)(F)F)cc3c2c1. The van der Waals surface area contributed by atoms with Crippen LogP contribution < -0.4 is 11.1 Å². The van der Waals surface area contributed by atoms with Gasteiger partial charge in [-0.2, -0.15) is 13.2 Å². The summed E-state index contributed by atoms with van der Waals surface area (Å²) < 4.78 is 38.4. The number of alkyl halides is 3. The normalized spacial score (nSPS) is 12.0. The van der Waals surface area contributed by atoms with Crippen LogP contribution in [0.5, 0.6) is 0 Å². The Kier molecular flexibility index (Phi) is 2.79. The minimum absolute atomic E-state index is 0.424. The van der Waals surface area contributed by atoms with Gasteiger partial charge in [0.1, 0.15) is 0 Å². The minimum Gasteiger partial charge on any atom is -0.355 e. The molecule has 0 aliphatic heterocycles. The van der Waals surface area contributed by atoms with Gasteiger partial charge in [0.05, 0.1) is 5.56 Å². The van der Waals surface area contributed by atoms with Crippen molar-refractivity contribution in [2.75, 3.05) is 5.32 Å². The van der Waals surface area contributed by atoms with E-state index in [1.165, 1.54) is 6.07 Å². The molecular weight excluding hydrogens is 283 g/mol. The molecule has 7 heteroatoms. The molecule has 3 aromatic rings. The van der Waals surface area contributed by atoms with Crippen LogP contribution in [0.25, 0.3) is 21.8 Å². The van der Waals surface area contributed by atoms with E-state index in [1.807, 2.05) is 0 Å². The van der Waals surface area contributed by atoms with E-state index in [-0.39, 0.29) is 0 Å². The maximum absolute atomic E-state index is 12.8. The number of urea groups is 1. The molecule has 0 atom stereocenters. The average molecular weight is 293 g/mol. The van der Waals surface area contributed by atoms with Crippen molar-refractivity contribution in [2.24, 2.45) is 5.73 Å². The van der Waals surface area contributed by atoms with Gasteiger partial charge < -0.3 is 16.0 Å². The maximum Gasteiger partial charge on any atom is 0.416 e. The quantitative estimate of drug-likeness (QED) is 0.627. The number of hydrogen-bond donors (Lipinski definition) is 3. The number of rotatable bonds is 1. The summed E-state index contributed by atoms with van der Waals surface area (Å²) in [5, 5.41) is 3.42. The second kappa shape index (κ2) is 4.41. The zero-order chi connectivity index (χ0) is 15.2. The molecule has 1 aromatic heterocycles. The summed E-state index contributed by atoms with van der Waals surface area (Å²) in [6.45, 7) is 0. The van der Waals surface area contributed by atoms with Crippen molar-refractivity contribution >= 4 is 33.5 Å². The maximum atomic E-state index is 12.8. The lowest BCUT2D eigenvalue weighted by Crippen LogP contribution is -2.19. The first-order chi connectivity index (χ1) is 9.84. The number of amides is 2. The Hall–Kier alpha value is -2.70. The van der Waals surface area contributed by atoms with Crippen LogP contribution in [-0.2, 0) is 6.18 Å². The van der Waals surface area contributed by atoms with Crippen LogP contribution >= 0.6 is 0 Å². The van der Waals surface area contributed by atoms with Crippen molar-refractivity contribution in [3.05, 3.63) is 42.0 Å². The van der Waals surface area contributed by atoms with Crippen LogP contribution in [0.4, 0.5) is 23.7 Å². The Morgan fingerprint density at radius 3 is 2.29 bits per heavy atom. The largest absolute Gasteiger partial charge is 0.416 e. The first kappa shape index (κ1) is 13.3. The molecular formula is C14H10F3N3O. The van der Waals surface area contributed by atoms with Gasteiger partial charge in [-0.15, -0.1) is 0 Å². The number of nitrogens with one attached hydrogen (secondary N) is 2. The topological polar surface area (TPSA) is 70.9 Å². The van der Waals surface area contributed by atoms with Crippen LogP contribution in [0.2, 0.25) is 0 Å². The van der Waals surface area contributed by atoms with Crippen LogP contribution in [0, 0.1) is 0 Å². The number of nitrogens with two attached hydrogens (primary N) is 1. The lowest BCUT2D eigenvalue weighted by atomic mass is 10.1. The van der Waals surface area contributed by atoms with Gasteiger partial charge in [0, 0.05) is 27.5 Å². The van der Waals surface area contributed by atoms with Crippen LogP contribution in [0.3, 0.4) is 0 Å². The van der Waals surface area contributed by atoms with E-state index < -0.39 is 17.8 Å². The molecule has 2 amide bonds. The Bertz CT molecular complexity index is 852. The van der Waals surface area contributed by atoms with Gasteiger partial charge in [0.2, 0.25) is 0 Å². The number of fused-ring (bicyclic) bond motifs is 3. The predicted molar refractivity (Wildman–Crippen MR) is 74.0 cm³/mol. The Labute approximate surface area is 116 Å². The number of hydrogen-bond acceptors (Lipinski definition) is 1. The molecule has 0 spiro atoms. The Morgan fingerprint density at radius 2 is 1.67 bits per heavy atom. The van der Waals surface area contributed by atoms with E-state index in [9.17, 15) is 18.0 Å². The van der Waals surface area contributed by atoms with Crippen molar-refractivity contribution in [3.63, 3.8) is 0 Å². The highest BCUT2D eigenvalue weighted by molar-refractivity contribution is 6.09. The van der Waals surface area contributed by atoms with E-state index in [0.29, 0.717) is 27.5 Å². The van der Waals surface area contributed by atoms with Crippen LogP contribution in [-0.4, -0.2) is 11.0 Å². The molecule has 0 fully saturated rings. The molecule has 4 nitrogen and oxygen atoms in total. The molecule has 0 bridgehead atoms. The first-order valence-electron chi connectivity index (χ1n) is 6.04. The summed E-state index contributed by atoms with van der Waals surface area (Å²) in [6, 6.07) is 7.65. The van der Waals surface area contributed by atoms with E-state index in [1.54, 1.807) is 18.2 Å². The number of aromatic amines is 1. The second-order valence-electron chi connectivity index (χ2n) is 4.63. The third-order valence-electron chi connectivity index (χ3n) is 3.19. The minimum atomic E-state index is -4.40. The summed E-state index contributed by atoms with van der Waals surface area (Å²) >= 11 is 0. The van der Waals surface area contributed by atoms with E-state index in [4.69, 9.17) is 5.73 Å². The summed E-state index contributed by atoms with van der Waals surface area (Å²) in [5.74, 6) is 0. The number of benzene rings is 2. The average Bonchev–Trinajstić information content (AvgIpc) is 2.74. The fourth-order valence-electron chi connectivity index (χ4n) is 2.29. The highest BCUT2D eigenvalue weighted by Gasteiger charge is 2.30. The number of carbonyl (C=O) groups excluding carboxylic acids is 1. The fourth-order valence-corrected chi connectivity index (χ4v) is 2.29. The summed E-state index contributed by atoms with van der Waals surface area (Å²) in [5.41, 5.74) is 6.01. The number of anilines is 1. The first-order valence-corrected chi connectivity index (χ1v) is 6.04. The summed E-state index contributed by atoms with van der Waals surface area (Å²) in [7, 11) is 0. The molecule has 2 aromatic carbocycles. The summed E-state index contributed by atoms with van der Waals surface area (Å²) in [6.07, 6.45) is -4.40. The third-order valence-corrected chi connectivity index (χ3v) is 3.19. The number of primary amides is 1. The number of H-pyrrole nitrogens is 1. The molecule has 0 saturated heterocycles. The zero-order valence-corrected chi connectivity index (χ0v) is 10.6. The zero-order valence-electron chi connectivity index (χ0n) is 10.6. The molecule has 0 unspecified atom stereocenters. The molecule has 1 heterocycles. The van der Waals surface area contributed by atoms with E-state index >= 15 is 0 Å². The highest BCUT2D eigenvalue weighted by atomic mass is 19.4. The predicted octanol–water partition coefficient (Wildman–Crippen LogP) is 3.83.